The maximum atomic E-state index is 11.0. The molecule has 0 spiro atoms. The highest BCUT2D eigenvalue weighted by molar-refractivity contribution is 7.86. The molecule has 4 nitrogen and oxygen atoms in total. The van der Waals surface area contributed by atoms with Crippen molar-refractivity contribution in [1.29, 1.82) is 0 Å². The van der Waals surface area contributed by atoms with E-state index in [9.17, 15) is 8.42 Å². The van der Waals surface area contributed by atoms with Gasteiger partial charge in [0.15, 0.2) is 0 Å². The molecule has 0 heterocycles. The van der Waals surface area contributed by atoms with E-state index in [1.165, 1.54) is 0 Å². The van der Waals surface area contributed by atoms with Gasteiger partial charge in [-0.05, 0) is 32.6 Å². The summed E-state index contributed by atoms with van der Waals surface area (Å²) in [5.41, 5.74) is 0. The largest absolute Gasteiger partial charge is 0.393 e. The molecule has 2 unspecified atom stereocenters. The number of unbranched alkanes of at least 4 members (excludes halogenated alkanes) is 1. The van der Waals surface area contributed by atoms with E-state index in [1.807, 2.05) is 6.92 Å². The predicted octanol–water partition coefficient (Wildman–Crippen LogP) is 1.98. The quantitative estimate of drug-likeness (QED) is 0.634. The molecule has 0 rings (SSSR count). The number of aliphatic hydroxyl groups excluding tert-OH is 1. The van der Waals surface area contributed by atoms with Crippen LogP contribution in [-0.4, -0.2) is 29.4 Å². The Morgan fingerprint density at radius 2 is 1.67 bits per heavy atom. The van der Waals surface area contributed by atoms with E-state index in [0.717, 1.165) is 12.8 Å². The summed E-state index contributed by atoms with van der Waals surface area (Å²) >= 11 is 0. The molecule has 0 aliphatic carbocycles. The van der Waals surface area contributed by atoms with E-state index in [2.05, 4.69) is 0 Å². The van der Waals surface area contributed by atoms with E-state index >= 15 is 0 Å². The van der Waals surface area contributed by atoms with Gasteiger partial charge in [0, 0.05) is 0 Å². The van der Waals surface area contributed by atoms with Crippen LogP contribution in [0.3, 0.4) is 0 Å². The van der Waals surface area contributed by atoms with Crippen molar-refractivity contribution in [3.63, 3.8) is 0 Å². The first-order valence-corrected chi connectivity index (χ1v) is 7.02. The van der Waals surface area contributed by atoms with E-state index in [-0.39, 0.29) is 0 Å². The zero-order valence-corrected chi connectivity index (χ0v) is 10.3. The maximum Gasteiger partial charge on any atom is 0.267 e. The van der Waals surface area contributed by atoms with Crippen LogP contribution in [0.2, 0.25) is 0 Å². The van der Waals surface area contributed by atoms with Gasteiger partial charge in [-0.15, -0.1) is 0 Å². The molecule has 2 atom stereocenters. The van der Waals surface area contributed by atoms with Crippen molar-refractivity contribution in [1.82, 2.24) is 0 Å². The van der Waals surface area contributed by atoms with Gasteiger partial charge in [-0.3, -0.25) is 4.55 Å². The molecule has 0 bridgehead atoms. The van der Waals surface area contributed by atoms with E-state index < -0.39 is 21.5 Å². The molecule has 0 saturated carbocycles. The van der Waals surface area contributed by atoms with Crippen LogP contribution in [0, 0.1) is 0 Å². The van der Waals surface area contributed by atoms with Gasteiger partial charge in [0.2, 0.25) is 0 Å². The molecule has 92 valence electrons. The second-order valence-electron chi connectivity index (χ2n) is 4.06. The van der Waals surface area contributed by atoms with Gasteiger partial charge in [0.1, 0.15) is 0 Å². The van der Waals surface area contributed by atoms with Crippen molar-refractivity contribution in [2.75, 3.05) is 0 Å². The molecule has 0 radical (unpaired) electrons. The number of rotatable bonds is 8. The Hall–Kier alpha value is -0.130. The summed E-state index contributed by atoms with van der Waals surface area (Å²) in [6.07, 6.45) is 3.47. The summed E-state index contributed by atoms with van der Waals surface area (Å²) in [6.45, 7) is 3.66. The first kappa shape index (κ1) is 14.9. The summed E-state index contributed by atoms with van der Waals surface area (Å²) in [4.78, 5) is 0. The molecule has 0 aromatic rings. The van der Waals surface area contributed by atoms with Gasteiger partial charge < -0.3 is 5.11 Å². The van der Waals surface area contributed by atoms with Gasteiger partial charge in [0.05, 0.1) is 11.4 Å². The normalized spacial score (nSPS) is 16.3. The Morgan fingerprint density at radius 3 is 2.07 bits per heavy atom. The van der Waals surface area contributed by atoms with Crippen LogP contribution in [0.5, 0.6) is 0 Å². The molecule has 2 N–H and O–H groups in total. The third-order valence-electron chi connectivity index (χ3n) is 2.45. The molecule has 0 aliphatic rings. The third kappa shape index (κ3) is 7.76. The Bertz CT molecular complexity index is 246. The molecular weight excluding hydrogens is 216 g/mol. The van der Waals surface area contributed by atoms with Crippen LogP contribution in [0.1, 0.15) is 52.4 Å². The number of hydrogen-bond donors (Lipinski definition) is 2. The summed E-state index contributed by atoms with van der Waals surface area (Å²) in [5.74, 6) is 0. The smallest absolute Gasteiger partial charge is 0.267 e. The first-order valence-electron chi connectivity index (χ1n) is 5.52. The van der Waals surface area contributed by atoms with Crippen molar-refractivity contribution in [2.24, 2.45) is 0 Å². The molecule has 0 aromatic heterocycles. The van der Waals surface area contributed by atoms with Crippen LogP contribution in [0.25, 0.3) is 0 Å². The van der Waals surface area contributed by atoms with Crippen molar-refractivity contribution in [2.45, 2.75) is 63.7 Å². The number of hydrogen-bond acceptors (Lipinski definition) is 3. The second-order valence-corrected chi connectivity index (χ2v) is 5.76. The monoisotopic (exact) mass is 238 g/mol. The van der Waals surface area contributed by atoms with Crippen LogP contribution >= 0.6 is 0 Å². The fourth-order valence-corrected chi connectivity index (χ4v) is 2.44. The topological polar surface area (TPSA) is 74.6 Å². The summed E-state index contributed by atoms with van der Waals surface area (Å²) in [7, 11) is -3.92. The highest BCUT2D eigenvalue weighted by Crippen LogP contribution is 2.16. The average molecular weight is 238 g/mol. The van der Waals surface area contributed by atoms with E-state index in [1.54, 1.807) is 6.92 Å². The Kier molecular flexibility index (Phi) is 7.13. The lowest BCUT2D eigenvalue weighted by molar-refractivity contribution is 0.180. The van der Waals surface area contributed by atoms with Gasteiger partial charge in [-0.25, -0.2) is 0 Å². The van der Waals surface area contributed by atoms with Gasteiger partial charge in [0.25, 0.3) is 10.1 Å². The van der Waals surface area contributed by atoms with Crippen molar-refractivity contribution >= 4 is 10.1 Å². The first-order chi connectivity index (χ1) is 6.88. The lowest BCUT2D eigenvalue weighted by Crippen LogP contribution is -2.20. The lowest BCUT2D eigenvalue weighted by atomic mass is 10.1. The molecule has 0 aromatic carbocycles. The van der Waals surface area contributed by atoms with Gasteiger partial charge >= 0.3 is 0 Å². The SMILES string of the molecule is CCCCC(CCCC(C)O)S(=O)(=O)O. The highest BCUT2D eigenvalue weighted by Gasteiger charge is 2.21. The van der Waals surface area contributed by atoms with Crippen LogP contribution in [0.4, 0.5) is 0 Å². The zero-order valence-electron chi connectivity index (χ0n) is 9.52. The van der Waals surface area contributed by atoms with Crippen LogP contribution in [0.15, 0.2) is 0 Å². The minimum absolute atomic E-state index is 0.404. The molecule has 15 heavy (non-hydrogen) atoms. The Balaban J connectivity index is 4.03. The Labute approximate surface area is 92.4 Å². The number of aliphatic hydroxyl groups is 1. The van der Waals surface area contributed by atoms with Crippen molar-refractivity contribution in [3.8, 4) is 0 Å². The van der Waals surface area contributed by atoms with Gasteiger partial charge in [-0.2, -0.15) is 8.42 Å². The molecule has 0 aliphatic heterocycles. The minimum Gasteiger partial charge on any atom is -0.393 e. The second kappa shape index (κ2) is 7.19. The maximum absolute atomic E-state index is 11.0. The van der Waals surface area contributed by atoms with E-state index in [0.29, 0.717) is 25.7 Å². The van der Waals surface area contributed by atoms with Crippen molar-refractivity contribution in [3.05, 3.63) is 0 Å². The minimum atomic E-state index is -3.92. The van der Waals surface area contributed by atoms with E-state index in [4.69, 9.17) is 9.66 Å². The predicted molar refractivity (Wildman–Crippen MR) is 60.4 cm³/mol. The summed E-state index contributed by atoms with van der Waals surface area (Å²) in [5, 5.41) is 8.38. The van der Waals surface area contributed by atoms with Crippen LogP contribution in [-0.2, 0) is 10.1 Å². The summed E-state index contributed by atoms with van der Waals surface area (Å²) in [6, 6.07) is 0. The molecule has 0 amide bonds. The highest BCUT2D eigenvalue weighted by atomic mass is 32.2. The zero-order chi connectivity index (χ0) is 11.9. The fourth-order valence-electron chi connectivity index (χ4n) is 1.51. The average Bonchev–Trinajstić information content (AvgIpc) is 2.08. The molecule has 0 saturated heterocycles. The molecule has 5 heteroatoms. The fraction of sp³-hybridized carbons (Fsp3) is 1.00. The Morgan fingerprint density at radius 1 is 1.13 bits per heavy atom. The molecule has 0 fully saturated rings. The van der Waals surface area contributed by atoms with Crippen LogP contribution < -0.4 is 0 Å². The molecular formula is C10H22O4S. The standard InChI is InChI=1S/C10H22O4S/c1-3-4-7-10(15(12,13)14)8-5-6-9(2)11/h9-11H,3-8H2,1-2H3,(H,12,13,14). The van der Waals surface area contributed by atoms with Gasteiger partial charge in [-0.1, -0.05) is 19.8 Å². The lowest BCUT2D eigenvalue weighted by Gasteiger charge is -2.13. The van der Waals surface area contributed by atoms with Crippen molar-refractivity contribution < 1.29 is 18.1 Å². The third-order valence-corrected chi connectivity index (χ3v) is 3.76. The summed E-state index contributed by atoms with van der Waals surface area (Å²) < 4.78 is 31.0.